The Hall–Kier alpha value is -1.51. The number of amides is 1. The Morgan fingerprint density at radius 2 is 2.00 bits per heavy atom. The Kier molecular flexibility index (Phi) is 5.73. The number of hydrogen-bond acceptors (Lipinski definition) is 2. The zero-order valence-electron chi connectivity index (χ0n) is 11.4. The molecule has 2 rings (SSSR count). The van der Waals surface area contributed by atoms with Gasteiger partial charge in [0.2, 0.25) is 0 Å². The molecule has 0 atom stereocenters. The number of benzene rings is 1. The van der Waals surface area contributed by atoms with Gasteiger partial charge in [-0.15, -0.1) is 0 Å². The topological polar surface area (TPSA) is 38.3 Å². The summed E-state index contributed by atoms with van der Waals surface area (Å²) in [4.78, 5) is 11.4. The van der Waals surface area contributed by atoms with Crippen LogP contribution in [0.1, 0.15) is 37.7 Å². The number of alkyl carbamates (subject to hydrolysis) is 1. The minimum Gasteiger partial charge on any atom is -0.450 e. The highest BCUT2D eigenvalue weighted by molar-refractivity contribution is 5.66. The van der Waals surface area contributed by atoms with Crippen LogP contribution in [-0.4, -0.2) is 19.2 Å². The molecular weight excluding hydrogens is 238 g/mol. The third-order valence-electron chi connectivity index (χ3n) is 3.44. The molecule has 0 aliphatic heterocycles. The van der Waals surface area contributed by atoms with Crippen molar-refractivity contribution in [3.8, 4) is 0 Å². The van der Waals surface area contributed by atoms with Crippen molar-refractivity contribution in [1.29, 1.82) is 0 Å². The zero-order chi connectivity index (χ0) is 13.3. The molecule has 19 heavy (non-hydrogen) atoms. The average Bonchev–Trinajstić information content (AvgIpc) is 3.25. The van der Waals surface area contributed by atoms with Gasteiger partial charge in [-0.2, -0.15) is 0 Å². The average molecular weight is 261 g/mol. The summed E-state index contributed by atoms with van der Waals surface area (Å²) in [6.45, 7) is 1.23. The van der Waals surface area contributed by atoms with Crippen LogP contribution >= 0.6 is 0 Å². The van der Waals surface area contributed by atoms with Crippen LogP contribution in [0, 0.1) is 5.92 Å². The van der Waals surface area contributed by atoms with Gasteiger partial charge in [-0.05, 0) is 37.2 Å². The summed E-state index contributed by atoms with van der Waals surface area (Å²) >= 11 is 0. The molecule has 0 unspecified atom stereocenters. The highest BCUT2D eigenvalue weighted by Gasteiger charge is 2.20. The molecule has 1 amide bonds. The molecule has 0 spiro atoms. The van der Waals surface area contributed by atoms with Crippen molar-refractivity contribution in [1.82, 2.24) is 5.32 Å². The van der Waals surface area contributed by atoms with Crippen LogP contribution in [0.25, 0.3) is 0 Å². The van der Waals surface area contributed by atoms with E-state index in [1.165, 1.54) is 24.8 Å². The predicted octanol–water partition coefficient (Wildman–Crippen LogP) is 3.54. The van der Waals surface area contributed by atoms with Gasteiger partial charge in [-0.25, -0.2) is 4.79 Å². The van der Waals surface area contributed by atoms with Gasteiger partial charge in [-0.1, -0.05) is 43.2 Å². The highest BCUT2D eigenvalue weighted by atomic mass is 16.5. The molecule has 1 N–H and O–H groups in total. The monoisotopic (exact) mass is 261 g/mol. The van der Waals surface area contributed by atoms with E-state index < -0.39 is 0 Å². The van der Waals surface area contributed by atoms with E-state index in [1.54, 1.807) is 0 Å². The van der Waals surface area contributed by atoms with Gasteiger partial charge in [-0.3, -0.25) is 0 Å². The first kappa shape index (κ1) is 13.9. The Bertz CT molecular complexity index is 374. The van der Waals surface area contributed by atoms with Crippen molar-refractivity contribution >= 4 is 6.09 Å². The molecule has 1 aromatic rings. The van der Waals surface area contributed by atoms with E-state index in [4.69, 9.17) is 4.74 Å². The first-order chi connectivity index (χ1) is 9.34. The van der Waals surface area contributed by atoms with Gasteiger partial charge >= 0.3 is 6.09 Å². The lowest BCUT2D eigenvalue weighted by molar-refractivity contribution is 0.144. The third kappa shape index (κ3) is 6.27. The largest absolute Gasteiger partial charge is 0.450 e. The van der Waals surface area contributed by atoms with E-state index in [2.05, 4.69) is 17.4 Å². The van der Waals surface area contributed by atoms with Crippen molar-refractivity contribution in [2.45, 2.75) is 38.5 Å². The lowest BCUT2D eigenvalue weighted by atomic mass is 10.1. The lowest BCUT2D eigenvalue weighted by Gasteiger charge is -2.06. The Labute approximate surface area is 115 Å². The van der Waals surface area contributed by atoms with E-state index in [9.17, 15) is 4.79 Å². The van der Waals surface area contributed by atoms with E-state index >= 15 is 0 Å². The molecule has 1 aliphatic carbocycles. The zero-order valence-corrected chi connectivity index (χ0v) is 11.4. The minimum absolute atomic E-state index is 0.274. The SMILES string of the molecule is O=C(NCCCC1CC1)OCCCc1ccccc1. The molecule has 1 fully saturated rings. The summed E-state index contributed by atoms with van der Waals surface area (Å²) in [7, 11) is 0. The second-order valence-corrected chi connectivity index (χ2v) is 5.24. The first-order valence-electron chi connectivity index (χ1n) is 7.29. The number of carbonyl (C=O) groups is 1. The first-order valence-corrected chi connectivity index (χ1v) is 7.29. The fourth-order valence-corrected chi connectivity index (χ4v) is 2.12. The maximum absolute atomic E-state index is 11.4. The molecule has 1 aromatic carbocycles. The summed E-state index contributed by atoms with van der Waals surface area (Å²) in [5, 5.41) is 2.80. The molecular formula is C16H23NO2. The van der Waals surface area contributed by atoms with Gasteiger partial charge in [0, 0.05) is 6.54 Å². The number of nitrogens with one attached hydrogen (secondary N) is 1. The van der Waals surface area contributed by atoms with Crippen molar-refractivity contribution in [2.24, 2.45) is 5.92 Å². The van der Waals surface area contributed by atoms with Gasteiger partial charge in [0.05, 0.1) is 6.61 Å². The fourth-order valence-electron chi connectivity index (χ4n) is 2.12. The molecule has 0 bridgehead atoms. The second-order valence-electron chi connectivity index (χ2n) is 5.24. The molecule has 0 heterocycles. The smallest absolute Gasteiger partial charge is 0.407 e. The summed E-state index contributed by atoms with van der Waals surface area (Å²) in [5.41, 5.74) is 1.29. The number of carbonyl (C=O) groups excluding carboxylic acids is 1. The molecule has 0 radical (unpaired) electrons. The van der Waals surface area contributed by atoms with Gasteiger partial charge in [0.25, 0.3) is 0 Å². The molecule has 104 valence electrons. The van der Waals surface area contributed by atoms with Crippen molar-refractivity contribution < 1.29 is 9.53 Å². The number of rotatable bonds is 8. The fraction of sp³-hybridized carbons (Fsp3) is 0.562. The summed E-state index contributed by atoms with van der Waals surface area (Å²) < 4.78 is 5.14. The van der Waals surface area contributed by atoms with Crippen LogP contribution in [0.15, 0.2) is 30.3 Å². The Balaban J connectivity index is 1.44. The molecule has 1 aliphatic rings. The molecule has 0 aromatic heterocycles. The van der Waals surface area contributed by atoms with E-state index in [1.807, 2.05) is 18.2 Å². The number of ether oxygens (including phenoxy) is 1. The maximum atomic E-state index is 11.4. The quantitative estimate of drug-likeness (QED) is 0.727. The normalized spacial score (nSPS) is 14.1. The Morgan fingerprint density at radius 1 is 1.21 bits per heavy atom. The molecule has 3 heteroatoms. The minimum atomic E-state index is -0.274. The second kappa shape index (κ2) is 7.82. The van der Waals surface area contributed by atoms with Gasteiger partial charge < -0.3 is 10.1 Å². The van der Waals surface area contributed by atoms with E-state index in [0.29, 0.717) is 6.61 Å². The predicted molar refractivity (Wildman–Crippen MR) is 76.1 cm³/mol. The van der Waals surface area contributed by atoms with E-state index in [0.717, 1.165) is 31.7 Å². The maximum Gasteiger partial charge on any atom is 0.407 e. The summed E-state index contributed by atoms with van der Waals surface area (Å²) in [6.07, 6.45) is 6.63. The molecule has 1 saturated carbocycles. The lowest BCUT2D eigenvalue weighted by Crippen LogP contribution is -2.25. The van der Waals surface area contributed by atoms with Crippen LogP contribution in [0.5, 0.6) is 0 Å². The van der Waals surface area contributed by atoms with Crippen molar-refractivity contribution in [2.75, 3.05) is 13.2 Å². The van der Waals surface area contributed by atoms with Gasteiger partial charge in [0.1, 0.15) is 0 Å². The van der Waals surface area contributed by atoms with Gasteiger partial charge in [0.15, 0.2) is 0 Å². The summed E-state index contributed by atoms with van der Waals surface area (Å²) in [6, 6.07) is 10.3. The van der Waals surface area contributed by atoms with Crippen LogP contribution < -0.4 is 5.32 Å². The van der Waals surface area contributed by atoms with Crippen molar-refractivity contribution in [3.05, 3.63) is 35.9 Å². The van der Waals surface area contributed by atoms with E-state index in [-0.39, 0.29) is 6.09 Å². The number of hydrogen-bond donors (Lipinski definition) is 1. The third-order valence-corrected chi connectivity index (χ3v) is 3.44. The van der Waals surface area contributed by atoms with Crippen molar-refractivity contribution in [3.63, 3.8) is 0 Å². The van der Waals surface area contributed by atoms with Crippen LogP contribution in [0.2, 0.25) is 0 Å². The highest BCUT2D eigenvalue weighted by Crippen LogP contribution is 2.33. The molecule has 3 nitrogen and oxygen atoms in total. The Morgan fingerprint density at radius 3 is 2.74 bits per heavy atom. The summed E-state index contributed by atoms with van der Waals surface area (Å²) in [5.74, 6) is 0.934. The van der Waals surface area contributed by atoms with Crippen LogP contribution in [0.3, 0.4) is 0 Å². The van der Waals surface area contributed by atoms with Crippen LogP contribution in [-0.2, 0) is 11.2 Å². The molecule has 0 saturated heterocycles. The number of aryl methyl sites for hydroxylation is 1. The van der Waals surface area contributed by atoms with Crippen LogP contribution in [0.4, 0.5) is 4.79 Å². The standard InChI is InChI=1S/C16H23NO2/c18-16(17-12-4-8-15-10-11-15)19-13-5-9-14-6-2-1-3-7-14/h1-3,6-7,15H,4-5,8-13H2,(H,17,18).